The van der Waals surface area contributed by atoms with Crippen LogP contribution in [0.3, 0.4) is 0 Å². The number of nitrogens with zero attached hydrogens (tertiary/aromatic N) is 2. The van der Waals surface area contributed by atoms with E-state index in [2.05, 4.69) is 55.9 Å². The van der Waals surface area contributed by atoms with Crippen LogP contribution in [0.4, 0.5) is 5.82 Å². The second-order valence-corrected chi connectivity index (χ2v) is 6.30. The maximum absolute atomic E-state index is 9.16. The predicted molar refractivity (Wildman–Crippen MR) is 85.2 cm³/mol. The second kappa shape index (κ2) is 7.60. The van der Waals surface area contributed by atoms with Gasteiger partial charge in [-0.1, -0.05) is 6.92 Å². The normalized spacial score (nSPS) is 11.7. The molecule has 0 aliphatic rings. The quantitative estimate of drug-likeness (QED) is 0.805. The fourth-order valence-corrected chi connectivity index (χ4v) is 2.13. The zero-order valence-corrected chi connectivity index (χ0v) is 13.5. The largest absolute Gasteiger partial charge is 0.395 e. The molecule has 1 aromatic rings. The Morgan fingerprint density at radius 3 is 2.50 bits per heavy atom. The number of aromatic nitrogens is 1. The highest BCUT2D eigenvalue weighted by atomic mass is 16.3. The minimum atomic E-state index is 0.109. The second-order valence-electron chi connectivity index (χ2n) is 6.30. The van der Waals surface area contributed by atoms with E-state index in [4.69, 9.17) is 5.11 Å². The first kappa shape index (κ1) is 16.9. The summed E-state index contributed by atoms with van der Waals surface area (Å²) < 4.78 is 0. The molecule has 0 saturated heterocycles. The molecule has 114 valence electrons. The first-order valence-electron chi connectivity index (χ1n) is 7.43. The highest BCUT2D eigenvalue weighted by Gasteiger charge is 2.12. The van der Waals surface area contributed by atoms with Crippen molar-refractivity contribution in [3.05, 3.63) is 23.4 Å². The van der Waals surface area contributed by atoms with Gasteiger partial charge in [-0.05, 0) is 51.3 Å². The Labute approximate surface area is 123 Å². The third kappa shape index (κ3) is 5.47. The van der Waals surface area contributed by atoms with Crippen LogP contribution in [0, 0.1) is 6.92 Å². The van der Waals surface area contributed by atoms with Crippen molar-refractivity contribution in [1.82, 2.24) is 10.3 Å². The van der Waals surface area contributed by atoms with Gasteiger partial charge in [0.1, 0.15) is 5.82 Å². The lowest BCUT2D eigenvalue weighted by Gasteiger charge is -2.25. The Balaban J connectivity index is 2.80. The maximum atomic E-state index is 9.16. The molecule has 1 rings (SSSR count). The van der Waals surface area contributed by atoms with Crippen LogP contribution >= 0.6 is 0 Å². The van der Waals surface area contributed by atoms with Gasteiger partial charge in [0, 0.05) is 31.4 Å². The lowest BCUT2D eigenvalue weighted by atomic mass is 10.1. The van der Waals surface area contributed by atoms with Crippen molar-refractivity contribution in [3.8, 4) is 0 Å². The number of rotatable bonds is 7. The molecule has 0 aliphatic heterocycles. The van der Waals surface area contributed by atoms with Gasteiger partial charge in [0.2, 0.25) is 0 Å². The molecule has 1 heterocycles. The Morgan fingerprint density at radius 2 is 2.00 bits per heavy atom. The van der Waals surface area contributed by atoms with Gasteiger partial charge in [-0.15, -0.1) is 0 Å². The van der Waals surface area contributed by atoms with Crippen molar-refractivity contribution >= 4 is 5.82 Å². The van der Waals surface area contributed by atoms with E-state index < -0.39 is 0 Å². The van der Waals surface area contributed by atoms with Crippen molar-refractivity contribution in [2.75, 3.05) is 24.6 Å². The average molecular weight is 279 g/mol. The number of anilines is 1. The smallest absolute Gasteiger partial charge is 0.131 e. The molecule has 0 spiro atoms. The third-order valence-electron chi connectivity index (χ3n) is 3.09. The van der Waals surface area contributed by atoms with Gasteiger partial charge >= 0.3 is 0 Å². The molecule has 0 radical (unpaired) electrons. The van der Waals surface area contributed by atoms with Crippen molar-refractivity contribution in [1.29, 1.82) is 0 Å². The first-order valence-corrected chi connectivity index (χ1v) is 7.43. The highest BCUT2D eigenvalue weighted by Crippen LogP contribution is 2.18. The molecule has 0 bridgehead atoms. The molecule has 0 atom stereocenters. The minimum absolute atomic E-state index is 0.109. The summed E-state index contributed by atoms with van der Waals surface area (Å²) >= 11 is 0. The number of aryl methyl sites for hydroxylation is 1. The number of nitrogens with one attached hydrogen (secondary N) is 1. The van der Waals surface area contributed by atoms with Crippen LogP contribution in [0.1, 0.15) is 45.2 Å². The zero-order chi connectivity index (χ0) is 15.2. The van der Waals surface area contributed by atoms with Crippen molar-refractivity contribution in [2.24, 2.45) is 0 Å². The van der Waals surface area contributed by atoms with Gasteiger partial charge in [0.05, 0.1) is 6.61 Å². The molecule has 4 heteroatoms. The zero-order valence-electron chi connectivity index (χ0n) is 13.5. The maximum Gasteiger partial charge on any atom is 0.131 e. The van der Waals surface area contributed by atoms with Crippen molar-refractivity contribution < 1.29 is 5.11 Å². The van der Waals surface area contributed by atoms with Crippen molar-refractivity contribution in [2.45, 2.75) is 53.1 Å². The first-order chi connectivity index (χ1) is 9.37. The number of hydrogen-bond donors (Lipinski definition) is 2. The summed E-state index contributed by atoms with van der Waals surface area (Å²) in [4.78, 5) is 6.74. The monoisotopic (exact) mass is 279 g/mol. The Kier molecular flexibility index (Phi) is 6.43. The van der Waals surface area contributed by atoms with Crippen LogP contribution in [0.15, 0.2) is 12.3 Å². The molecule has 0 unspecified atom stereocenters. The molecule has 20 heavy (non-hydrogen) atoms. The number of pyridine rings is 1. The molecular weight excluding hydrogens is 250 g/mol. The van der Waals surface area contributed by atoms with Gasteiger partial charge in [-0.3, -0.25) is 0 Å². The summed E-state index contributed by atoms with van der Waals surface area (Å²) in [7, 11) is 0. The van der Waals surface area contributed by atoms with Crippen LogP contribution in [-0.4, -0.2) is 35.3 Å². The molecule has 0 fully saturated rings. The molecule has 0 amide bonds. The Bertz CT molecular complexity index is 407. The molecular formula is C16H29N3O. The van der Waals surface area contributed by atoms with Crippen LogP contribution in [-0.2, 0) is 6.54 Å². The molecule has 0 saturated carbocycles. The van der Waals surface area contributed by atoms with Crippen LogP contribution < -0.4 is 10.2 Å². The van der Waals surface area contributed by atoms with E-state index in [0.29, 0.717) is 6.54 Å². The lowest BCUT2D eigenvalue weighted by Crippen LogP contribution is -2.35. The average Bonchev–Trinajstić information content (AvgIpc) is 2.35. The van der Waals surface area contributed by atoms with Gasteiger partial charge in [-0.25, -0.2) is 4.98 Å². The van der Waals surface area contributed by atoms with E-state index in [1.54, 1.807) is 0 Å². The van der Waals surface area contributed by atoms with Gasteiger partial charge < -0.3 is 15.3 Å². The fourth-order valence-electron chi connectivity index (χ4n) is 2.13. The van der Waals surface area contributed by atoms with Crippen LogP contribution in [0.25, 0.3) is 0 Å². The van der Waals surface area contributed by atoms with E-state index in [1.165, 1.54) is 11.1 Å². The summed E-state index contributed by atoms with van der Waals surface area (Å²) in [6.45, 7) is 13.3. The van der Waals surface area contributed by atoms with Gasteiger partial charge in [-0.2, -0.15) is 0 Å². The van der Waals surface area contributed by atoms with Crippen molar-refractivity contribution in [3.63, 3.8) is 0 Å². The van der Waals surface area contributed by atoms with E-state index in [-0.39, 0.29) is 12.1 Å². The summed E-state index contributed by atoms with van der Waals surface area (Å²) in [6, 6.07) is 2.18. The summed E-state index contributed by atoms with van der Waals surface area (Å²) in [5.74, 6) is 0.986. The van der Waals surface area contributed by atoms with Gasteiger partial charge in [0.25, 0.3) is 0 Å². The topological polar surface area (TPSA) is 48.4 Å². The molecule has 2 N–H and O–H groups in total. The number of hydrogen-bond acceptors (Lipinski definition) is 4. The standard InChI is InChI=1S/C16H29N3O/c1-6-7-19(8-9-20)15-13(2)10-14(11-17-15)12-18-16(3,4)5/h10-11,18,20H,6-9,12H2,1-5H3. The van der Waals surface area contributed by atoms with Crippen LogP contribution in [0.5, 0.6) is 0 Å². The fraction of sp³-hybridized carbons (Fsp3) is 0.688. The van der Waals surface area contributed by atoms with E-state index in [0.717, 1.165) is 25.3 Å². The SMILES string of the molecule is CCCN(CCO)c1ncc(CNC(C)(C)C)cc1C. The van der Waals surface area contributed by atoms with E-state index >= 15 is 0 Å². The summed E-state index contributed by atoms with van der Waals surface area (Å²) in [5.41, 5.74) is 2.47. The number of aliphatic hydroxyl groups is 1. The van der Waals surface area contributed by atoms with Crippen LogP contribution in [0.2, 0.25) is 0 Å². The highest BCUT2D eigenvalue weighted by molar-refractivity contribution is 5.47. The molecule has 0 aromatic carbocycles. The Hall–Kier alpha value is -1.13. The third-order valence-corrected chi connectivity index (χ3v) is 3.09. The predicted octanol–water partition coefficient (Wildman–Crippen LogP) is 2.49. The number of aliphatic hydroxyl groups excluding tert-OH is 1. The Morgan fingerprint density at radius 1 is 1.30 bits per heavy atom. The summed E-state index contributed by atoms with van der Waals surface area (Å²) in [6.07, 6.45) is 2.98. The molecule has 0 aliphatic carbocycles. The molecule has 1 aromatic heterocycles. The minimum Gasteiger partial charge on any atom is -0.395 e. The lowest BCUT2D eigenvalue weighted by molar-refractivity contribution is 0.301. The summed E-state index contributed by atoms with van der Waals surface area (Å²) in [5, 5.41) is 12.6. The van der Waals surface area contributed by atoms with E-state index in [1.807, 2.05) is 6.20 Å². The molecule has 4 nitrogen and oxygen atoms in total. The van der Waals surface area contributed by atoms with Gasteiger partial charge in [0.15, 0.2) is 0 Å². The van der Waals surface area contributed by atoms with E-state index in [9.17, 15) is 0 Å².